The third kappa shape index (κ3) is 4.79. The Hall–Kier alpha value is -1.66. The molecule has 1 aromatic rings. The first kappa shape index (κ1) is 16.4. The number of amides is 1. The monoisotopic (exact) mass is 297 g/mol. The molecule has 6 heteroatoms. The first-order valence-electron chi connectivity index (χ1n) is 6.26. The van der Waals surface area contributed by atoms with Gasteiger partial charge in [0, 0.05) is 24.1 Å². The standard InChI is InChI=1S/C14H19NO4S/c1-11(10-16)12(2)15-14(17)8-9-20(18,19)13-6-4-3-5-7-13/h3-9,11-12,16H,10H2,1-2H3,(H,15,17)/b9-8+. The van der Waals surface area contributed by atoms with E-state index in [9.17, 15) is 13.2 Å². The molecule has 0 saturated heterocycles. The van der Waals surface area contributed by atoms with Crippen molar-refractivity contribution in [3.05, 3.63) is 41.8 Å². The van der Waals surface area contributed by atoms with Gasteiger partial charge in [0.15, 0.2) is 9.84 Å². The maximum atomic E-state index is 11.9. The van der Waals surface area contributed by atoms with Gasteiger partial charge in [0.1, 0.15) is 0 Å². The number of nitrogens with one attached hydrogen (secondary N) is 1. The topological polar surface area (TPSA) is 83.5 Å². The lowest BCUT2D eigenvalue weighted by Gasteiger charge is -2.17. The fourth-order valence-electron chi connectivity index (χ4n) is 1.41. The number of sulfone groups is 1. The summed E-state index contributed by atoms with van der Waals surface area (Å²) in [5.74, 6) is -0.601. The largest absolute Gasteiger partial charge is 0.396 e. The van der Waals surface area contributed by atoms with Crippen LogP contribution in [0.25, 0.3) is 0 Å². The normalized spacial score (nSPS) is 14.9. The summed E-state index contributed by atoms with van der Waals surface area (Å²) in [7, 11) is -3.61. The molecule has 2 atom stereocenters. The number of aliphatic hydroxyl groups excluding tert-OH is 1. The van der Waals surface area contributed by atoms with E-state index in [1.54, 1.807) is 32.0 Å². The van der Waals surface area contributed by atoms with Gasteiger partial charge in [-0.15, -0.1) is 0 Å². The van der Waals surface area contributed by atoms with Gasteiger partial charge in [-0.3, -0.25) is 4.79 Å². The van der Waals surface area contributed by atoms with Crippen molar-refractivity contribution in [2.45, 2.75) is 24.8 Å². The Morgan fingerprint density at radius 1 is 1.30 bits per heavy atom. The van der Waals surface area contributed by atoms with Crippen LogP contribution in [0.2, 0.25) is 0 Å². The summed E-state index contributed by atoms with van der Waals surface area (Å²) < 4.78 is 23.8. The summed E-state index contributed by atoms with van der Waals surface area (Å²) >= 11 is 0. The van der Waals surface area contributed by atoms with E-state index in [2.05, 4.69) is 5.32 Å². The molecule has 2 N–H and O–H groups in total. The van der Waals surface area contributed by atoms with Crippen LogP contribution >= 0.6 is 0 Å². The summed E-state index contributed by atoms with van der Waals surface area (Å²) in [6, 6.07) is 7.64. The third-order valence-corrected chi connectivity index (χ3v) is 4.41. The van der Waals surface area contributed by atoms with Gasteiger partial charge in [-0.05, 0) is 25.0 Å². The van der Waals surface area contributed by atoms with Crippen LogP contribution in [0.15, 0.2) is 46.7 Å². The Labute approximate surface area is 119 Å². The smallest absolute Gasteiger partial charge is 0.244 e. The van der Waals surface area contributed by atoms with Crippen molar-refractivity contribution in [1.29, 1.82) is 0 Å². The molecule has 0 aliphatic rings. The molecule has 0 fully saturated rings. The Morgan fingerprint density at radius 2 is 1.90 bits per heavy atom. The lowest BCUT2D eigenvalue weighted by molar-refractivity contribution is -0.117. The van der Waals surface area contributed by atoms with Crippen LogP contribution in [0.4, 0.5) is 0 Å². The molecule has 0 aliphatic heterocycles. The molecule has 0 saturated carbocycles. The van der Waals surface area contributed by atoms with Crippen LogP contribution < -0.4 is 5.32 Å². The molecule has 0 aliphatic carbocycles. The first-order chi connectivity index (χ1) is 9.36. The van der Waals surface area contributed by atoms with E-state index in [4.69, 9.17) is 5.11 Å². The van der Waals surface area contributed by atoms with Crippen molar-refractivity contribution < 1.29 is 18.3 Å². The van der Waals surface area contributed by atoms with Gasteiger partial charge < -0.3 is 10.4 Å². The minimum absolute atomic E-state index is 0.0481. The Balaban J connectivity index is 2.71. The molecule has 110 valence electrons. The van der Waals surface area contributed by atoms with Crippen LogP contribution in [0.5, 0.6) is 0 Å². The highest BCUT2D eigenvalue weighted by Crippen LogP contribution is 2.11. The summed E-state index contributed by atoms with van der Waals surface area (Å²) in [6.07, 6.45) is 0.989. The quantitative estimate of drug-likeness (QED) is 0.770. The minimum Gasteiger partial charge on any atom is -0.396 e. The molecule has 2 unspecified atom stereocenters. The zero-order chi connectivity index (χ0) is 15.2. The molecule has 1 rings (SSSR count). The second-order valence-corrected chi connectivity index (χ2v) is 6.45. The predicted octanol–water partition coefficient (Wildman–Crippen LogP) is 1.11. The van der Waals surface area contributed by atoms with E-state index in [1.807, 2.05) is 0 Å². The molecule has 0 bridgehead atoms. The molecule has 5 nitrogen and oxygen atoms in total. The molecule has 0 radical (unpaired) electrons. The lowest BCUT2D eigenvalue weighted by Crippen LogP contribution is -2.37. The van der Waals surface area contributed by atoms with E-state index in [1.165, 1.54) is 12.1 Å². The molecular weight excluding hydrogens is 278 g/mol. The average Bonchev–Trinajstić information content (AvgIpc) is 2.45. The third-order valence-electron chi connectivity index (χ3n) is 2.98. The summed E-state index contributed by atoms with van der Waals surface area (Å²) in [5, 5.41) is 12.4. The second-order valence-electron chi connectivity index (χ2n) is 4.62. The molecular formula is C14H19NO4S. The molecule has 0 spiro atoms. The van der Waals surface area contributed by atoms with Crippen LogP contribution in [0.1, 0.15) is 13.8 Å². The van der Waals surface area contributed by atoms with Crippen molar-refractivity contribution >= 4 is 15.7 Å². The van der Waals surface area contributed by atoms with Gasteiger partial charge in [0.25, 0.3) is 0 Å². The highest BCUT2D eigenvalue weighted by molar-refractivity contribution is 7.94. The number of carbonyl (C=O) groups excluding carboxylic acids is 1. The summed E-state index contributed by atoms with van der Waals surface area (Å²) in [4.78, 5) is 11.7. The summed E-state index contributed by atoms with van der Waals surface area (Å²) in [5.41, 5.74) is 0. The maximum absolute atomic E-state index is 11.9. The number of benzene rings is 1. The van der Waals surface area contributed by atoms with Gasteiger partial charge in [-0.2, -0.15) is 0 Å². The van der Waals surface area contributed by atoms with Crippen LogP contribution in [-0.4, -0.2) is 32.1 Å². The fourth-order valence-corrected chi connectivity index (χ4v) is 2.41. The van der Waals surface area contributed by atoms with Gasteiger partial charge in [0.05, 0.1) is 4.90 Å². The average molecular weight is 297 g/mol. The minimum atomic E-state index is -3.61. The van der Waals surface area contributed by atoms with Crippen molar-refractivity contribution in [3.63, 3.8) is 0 Å². The van der Waals surface area contributed by atoms with Gasteiger partial charge in [-0.1, -0.05) is 25.1 Å². The number of rotatable bonds is 6. The van der Waals surface area contributed by atoms with Crippen molar-refractivity contribution in [2.24, 2.45) is 5.92 Å². The fraction of sp³-hybridized carbons (Fsp3) is 0.357. The van der Waals surface area contributed by atoms with Crippen LogP contribution in [0.3, 0.4) is 0 Å². The Morgan fingerprint density at radius 3 is 2.45 bits per heavy atom. The molecule has 1 amide bonds. The first-order valence-corrected chi connectivity index (χ1v) is 7.81. The molecule has 0 aromatic heterocycles. The van der Waals surface area contributed by atoms with Gasteiger partial charge in [-0.25, -0.2) is 8.42 Å². The van der Waals surface area contributed by atoms with Crippen molar-refractivity contribution in [1.82, 2.24) is 5.32 Å². The number of aliphatic hydroxyl groups is 1. The summed E-state index contributed by atoms with van der Waals surface area (Å²) in [6.45, 7) is 3.49. The van der Waals surface area contributed by atoms with E-state index in [0.29, 0.717) is 0 Å². The van der Waals surface area contributed by atoms with E-state index in [-0.39, 0.29) is 23.5 Å². The zero-order valence-electron chi connectivity index (χ0n) is 11.5. The Bertz CT molecular complexity index is 566. The number of carbonyl (C=O) groups is 1. The number of hydrogen-bond donors (Lipinski definition) is 2. The highest BCUT2D eigenvalue weighted by atomic mass is 32.2. The predicted molar refractivity (Wildman–Crippen MR) is 76.6 cm³/mol. The second kappa shape index (κ2) is 7.21. The van der Waals surface area contributed by atoms with E-state index < -0.39 is 15.7 Å². The van der Waals surface area contributed by atoms with Crippen molar-refractivity contribution in [2.75, 3.05) is 6.61 Å². The van der Waals surface area contributed by atoms with Crippen LogP contribution in [-0.2, 0) is 14.6 Å². The van der Waals surface area contributed by atoms with Crippen molar-refractivity contribution in [3.8, 4) is 0 Å². The maximum Gasteiger partial charge on any atom is 0.244 e. The van der Waals surface area contributed by atoms with Gasteiger partial charge in [0.2, 0.25) is 5.91 Å². The Kier molecular flexibility index (Phi) is 5.91. The molecule has 20 heavy (non-hydrogen) atoms. The number of hydrogen-bond acceptors (Lipinski definition) is 4. The highest BCUT2D eigenvalue weighted by Gasteiger charge is 2.14. The van der Waals surface area contributed by atoms with Crippen LogP contribution in [0, 0.1) is 5.92 Å². The van der Waals surface area contributed by atoms with E-state index >= 15 is 0 Å². The van der Waals surface area contributed by atoms with E-state index in [0.717, 1.165) is 11.5 Å². The van der Waals surface area contributed by atoms with Gasteiger partial charge >= 0.3 is 0 Å². The lowest BCUT2D eigenvalue weighted by atomic mass is 10.1. The molecule has 0 heterocycles. The SMILES string of the molecule is CC(CO)C(C)NC(=O)/C=C/S(=O)(=O)c1ccccc1. The zero-order valence-corrected chi connectivity index (χ0v) is 12.3. The molecule has 1 aromatic carbocycles.